The molecule has 0 amide bonds. The topological polar surface area (TPSA) is 29.1 Å². The Morgan fingerprint density at radius 2 is 2.14 bits per heavy atom. The second kappa shape index (κ2) is 4.62. The summed E-state index contributed by atoms with van der Waals surface area (Å²) in [4.78, 5) is 10.3. The summed E-state index contributed by atoms with van der Waals surface area (Å²) >= 11 is 1.87. The van der Waals surface area contributed by atoms with Crippen LogP contribution in [0.1, 0.15) is 12.0 Å². The number of rotatable bonds is 4. The van der Waals surface area contributed by atoms with Crippen molar-refractivity contribution in [3.63, 3.8) is 0 Å². The highest BCUT2D eigenvalue weighted by atomic mass is 32.2. The van der Waals surface area contributed by atoms with Crippen molar-refractivity contribution in [2.24, 2.45) is 0 Å². The number of benzene rings is 1. The van der Waals surface area contributed by atoms with Gasteiger partial charge in [-0.25, -0.2) is 0 Å². The smallest absolute Gasteiger partial charge is 0.137 e. The van der Waals surface area contributed by atoms with E-state index in [-0.39, 0.29) is 6.04 Å². The molecule has 1 aliphatic heterocycles. The van der Waals surface area contributed by atoms with Gasteiger partial charge in [-0.05, 0) is 12.0 Å². The van der Waals surface area contributed by atoms with E-state index in [4.69, 9.17) is 0 Å². The zero-order valence-electron chi connectivity index (χ0n) is 7.85. The Bertz CT molecular complexity index is 295. The van der Waals surface area contributed by atoms with Crippen molar-refractivity contribution in [1.82, 2.24) is 5.32 Å². The monoisotopic (exact) mass is 207 g/mol. The van der Waals surface area contributed by atoms with Gasteiger partial charge in [0, 0.05) is 5.75 Å². The Morgan fingerprint density at radius 3 is 2.79 bits per heavy atom. The first-order valence-electron chi connectivity index (χ1n) is 4.75. The van der Waals surface area contributed by atoms with E-state index in [9.17, 15) is 4.79 Å². The van der Waals surface area contributed by atoms with E-state index < -0.39 is 0 Å². The fourth-order valence-electron chi connectivity index (χ4n) is 1.43. The first kappa shape index (κ1) is 9.74. The molecule has 2 unspecified atom stereocenters. The molecule has 2 rings (SSSR count). The third-order valence-corrected chi connectivity index (χ3v) is 3.56. The van der Waals surface area contributed by atoms with Crippen molar-refractivity contribution in [3.05, 3.63) is 35.9 Å². The summed E-state index contributed by atoms with van der Waals surface area (Å²) in [5, 5.41) is 3.66. The van der Waals surface area contributed by atoms with Crippen molar-refractivity contribution in [2.45, 2.75) is 23.6 Å². The lowest BCUT2D eigenvalue weighted by molar-refractivity contribution is -0.111. The standard InChI is InChI=1S/C11H13NOS/c13-7-10-6-11(12-10)14-8-9-4-2-1-3-5-9/h1-5,7,10-12H,6,8H2. The van der Waals surface area contributed by atoms with Crippen molar-refractivity contribution in [3.8, 4) is 0 Å². The van der Waals surface area contributed by atoms with Crippen LogP contribution in [0.3, 0.4) is 0 Å². The molecule has 3 heteroatoms. The molecule has 1 fully saturated rings. The first-order valence-corrected chi connectivity index (χ1v) is 5.80. The summed E-state index contributed by atoms with van der Waals surface area (Å²) in [6.45, 7) is 0. The minimum atomic E-state index is 0.100. The van der Waals surface area contributed by atoms with Crippen LogP contribution in [-0.4, -0.2) is 17.7 Å². The molecule has 0 aliphatic carbocycles. The highest BCUT2D eigenvalue weighted by Crippen LogP contribution is 2.25. The number of hydrogen-bond acceptors (Lipinski definition) is 3. The van der Waals surface area contributed by atoms with E-state index in [1.807, 2.05) is 17.8 Å². The Hall–Kier alpha value is -0.800. The lowest BCUT2D eigenvalue weighted by Gasteiger charge is -2.33. The molecular weight excluding hydrogens is 194 g/mol. The molecule has 1 aromatic carbocycles. The molecule has 0 aromatic heterocycles. The van der Waals surface area contributed by atoms with Crippen LogP contribution >= 0.6 is 11.8 Å². The Balaban J connectivity index is 1.72. The van der Waals surface area contributed by atoms with Gasteiger partial charge in [0.2, 0.25) is 0 Å². The molecule has 0 bridgehead atoms. The fraction of sp³-hybridized carbons (Fsp3) is 0.364. The number of aldehydes is 1. The molecule has 2 atom stereocenters. The molecule has 1 N–H and O–H groups in total. The minimum absolute atomic E-state index is 0.100. The van der Waals surface area contributed by atoms with Gasteiger partial charge in [-0.3, -0.25) is 5.32 Å². The molecule has 1 heterocycles. The van der Waals surface area contributed by atoms with E-state index in [0.29, 0.717) is 5.37 Å². The molecule has 14 heavy (non-hydrogen) atoms. The van der Waals surface area contributed by atoms with Crippen molar-refractivity contribution < 1.29 is 4.79 Å². The summed E-state index contributed by atoms with van der Waals surface area (Å²) in [6, 6.07) is 10.5. The predicted octanol–water partition coefficient (Wildman–Crippen LogP) is 1.81. The van der Waals surface area contributed by atoms with Crippen molar-refractivity contribution >= 4 is 18.0 Å². The zero-order chi connectivity index (χ0) is 9.80. The van der Waals surface area contributed by atoms with Gasteiger partial charge < -0.3 is 4.79 Å². The molecule has 0 saturated carbocycles. The zero-order valence-corrected chi connectivity index (χ0v) is 8.67. The lowest BCUT2D eigenvalue weighted by Crippen LogP contribution is -2.51. The van der Waals surface area contributed by atoms with Crippen LogP contribution in [0.15, 0.2) is 30.3 Å². The summed E-state index contributed by atoms with van der Waals surface area (Å²) in [7, 11) is 0. The largest absolute Gasteiger partial charge is 0.302 e. The van der Waals surface area contributed by atoms with Crippen molar-refractivity contribution in [1.29, 1.82) is 0 Å². The summed E-state index contributed by atoms with van der Waals surface area (Å²) < 4.78 is 0. The first-order chi connectivity index (χ1) is 6.88. The van der Waals surface area contributed by atoms with Gasteiger partial charge in [-0.1, -0.05) is 30.3 Å². The number of nitrogens with one attached hydrogen (secondary N) is 1. The third kappa shape index (κ3) is 2.36. The summed E-state index contributed by atoms with van der Waals surface area (Å²) in [5.41, 5.74) is 1.34. The molecule has 1 aliphatic rings. The van der Waals surface area contributed by atoms with E-state index in [1.165, 1.54) is 5.56 Å². The number of carbonyl (C=O) groups is 1. The maximum Gasteiger partial charge on any atom is 0.137 e. The number of carbonyl (C=O) groups excluding carboxylic acids is 1. The van der Waals surface area contributed by atoms with Crippen LogP contribution in [0.25, 0.3) is 0 Å². The second-order valence-electron chi connectivity index (χ2n) is 3.43. The van der Waals surface area contributed by atoms with E-state index in [2.05, 4.69) is 29.6 Å². The predicted molar refractivity (Wildman–Crippen MR) is 59.1 cm³/mol. The fourth-order valence-corrected chi connectivity index (χ4v) is 2.63. The Labute approximate surface area is 88.1 Å². The van der Waals surface area contributed by atoms with E-state index in [0.717, 1.165) is 18.5 Å². The third-order valence-electron chi connectivity index (χ3n) is 2.33. The summed E-state index contributed by atoms with van der Waals surface area (Å²) in [6.07, 6.45) is 1.96. The maximum absolute atomic E-state index is 10.3. The van der Waals surface area contributed by atoms with Crippen LogP contribution in [0, 0.1) is 0 Å². The average Bonchev–Trinajstić information content (AvgIpc) is 2.17. The van der Waals surface area contributed by atoms with Gasteiger partial charge >= 0.3 is 0 Å². The highest BCUT2D eigenvalue weighted by Gasteiger charge is 2.27. The molecular formula is C11H13NOS. The number of thioether (sulfide) groups is 1. The Morgan fingerprint density at radius 1 is 1.43 bits per heavy atom. The molecule has 2 nitrogen and oxygen atoms in total. The van der Waals surface area contributed by atoms with Gasteiger partial charge in [0.05, 0.1) is 11.4 Å². The quantitative estimate of drug-likeness (QED) is 0.763. The maximum atomic E-state index is 10.3. The van der Waals surface area contributed by atoms with Gasteiger partial charge in [0.15, 0.2) is 0 Å². The van der Waals surface area contributed by atoms with Gasteiger partial charge in [-0.15, -0.1) is 11.8 Å². The van der Waals surface area contributed by atoms with Crippen LogP contribution < -0.4 is 5.32 Å². The molecule has 74 valence electrons. The van der Waals surface area contributed by atoms with Crippen LogP contribution in [0.5, 0.6) is 0 Å². The average molecular weight is 207 g/mol. The van der Waals surface area contributed by atoms with Crippen LogP contribution in [0.4, 0.5) is 0 Å². The van der Waals surface area contributed by atoms with Gasteiger partial charge in [0.1, 0.15) is 6.29 Å². The Kier molecular flexibility index (Phi) is 3.22. The summed E-state index contributed by atoms with van der Waals surface area (Å²) in [5.74, 6) is 1.02. The second-order valence-corrected chi connectivity index (χ2v) is 4.62. The minimum Gasteiger partial charge on any atom is -0.302 e. The van der Waals surface area contributed by atoms with Crippen LogP contribution in [0.2, 0.25) is 0 Å². The van der Waals surface area contributed by atoms with Crippen molar-refractivity contribution in [2.75, 3.05) is 0 Å². The highest BCUT2D eigenvalue weighted by molar-refractivity contribution is 7.99. The van der Waals surface area contributed by atoms with Crippen LogP contribution in [-0.2, 0) is 10.5 Å². The molecule has 0 spiro atoms. The normalized spacial score (nSPS) is 25.4. The lowest BCUT2D eigenvalue weighted by atomic mass is 10.1. The van der Waals surface area contributed by atoms with E-state index >= 15 is 0 Å². The van der Waals surface area contributed by atoms with E-state index in [1.54, 1.807) is 0 Å². The number of hydrogen-bond donors (Lipinski definition) is 1. The SMILES string of the molecule is O=CC1CC(SCc2ccccc2)N1. The molecule has 1 aromatic rings. The molecule has 0 radical (unpaired) electrons. The van der Waals surface area contributed by atoms with Gasteiger partial charge in [0.25, 0.3) is 0 Å². The molecule has 1 saturated heterocycles. The van der Waals surface area contributed by atoms with Gasteiger partial charge in [-0.2, -0.15) is 0 Å².